The summed E-state index contributed by atoms with van der Waals surface area (Å²) < 4.78 is 11.2. The SMILES string of the molecule is N#Cc1nnc(-c2c[nH]c3ncnc(OCCc4ccccc4)c23)o1. The van der Waals surface area contributed by atoms with Gasteiger partial charge in [0, 0.05) is 12.6 Å². The van der Waals surface area contributed by atoms with Gasteiger partial charge in [-0.1, -0.05) is 35.4 Å². The number of fused-ring (bicyclic) bond motifs is 1. The quantitative estimate of drug-likeness (QED) is 0.597. The molecule has 4 rings (SSSR count). The summed E-state index contributed by atoms with van der Waals surface area (Å²) >= 11 is 0. The lowest BCUT2D eigenvalue weighted by atomic mass is 10.2. The Balaban J connectivity index is 1.62. The molecule has 0 aliphatic rings. The third kappa shape index (κ3) is 2.90. The summed E-state index contributed by atoms with van der Waals surface area (Å²) in [6.07, 6.45) is 3.86. The maximum Gasteiger partial charge on any atom is 0.321 e. The number of rotatable bonds is 5. The zero-order chi connectivity index (χ0) is 17.1. The van der Waals surface area contributed by atoms with Gasteiger partial charge in [-0.25, -0.2) is 9.97 Å². The van der Waals surface area contributed by atoms with E-state index in [2.05, 4.69) is 25.1 Å². The van der Waals surface area contributed by atoms with E-state index in [-0.39, 0.29) is 11.8 Å². The summed E-state index contributed by atoms with van der Waals surface area (Å²) in [6, 6.07) is 11.9. The van der Waals surface area contributed by atoms with Gasteiger partial charge >= 0.3 is 5.89 Å². The number of hydrogen-bond donors (Lipinski definition) is 1. The Bertz CT molecular complexity index is 1050. The van der Waals surface area contributed by atoms with Crippen molar-refractivity contribution in [1.82, 2.24) is 25.1 Å². The molecule has 0 spiro atoms. The highest BCUT2D eigenvalue weighted by atomic mass is 16.5. The van der Waals surface area contributed by atoms with Crippen LogP contribution in [0, 0.1) is 11.3 Å². The molecule has 25 heavy (non-hydrogen) atoms. The molecule has 3 heterocycles. The molecule has 0 saturated carbocycles. The molecule has 8 heteroatoms. The summed E-state index contributed by atoms with van der Waals surface area (Å²) in [4.78, 5) is 11.4. The lowest BCUT2D eigenvalue weighted by molar-refractivity contribution is 0.313. The van der Waals surface area contributed by atoms with Gasteiger partial charge in [-0.15, -0.1) is 5.10 Å². The molecule has 8 nitrogen and oxygen atoms in total. The van der Waals surface area contributed by atoms with Crippen molar-refractivity contribution < 1.29 is 9.15 Å². The fourth-order valence-corrected chi connectivity index (χ4v) is 2.50. The molecule has 0 fully saturated rings. The van der Waals surface area contributed by atoms with Gasteiger partial charge in [0.2, 0.25) is 5.88 Å². The van der Waals surface area contributed by atoms with Crippen LogP contribution in [0.2, 0.25) is 0 Å². The smallest absolute Gasteiger partial charge is 0.321 e. The predicted molar refractivity (Wildman–Crippen MR) is 87.5 cm³/mol. The number of nitrogens with one attached hydrogen (secondary N) is 1. The molecule has 4 aromatic rings. The fourth-order valence-electron chi connectivity index (χ4n) is 2.50. The van der Waals surface area contributed by atoms with Crippen LogP contribution < -0.4 is 4.74 Å². The molecule has 0 unspecified atom stereocenters. The minimum Gasteiger partial charge on any atom is -0.477 e. The largest absolute Gasteiger partial charge is 0.477 e. The van der Waals surface area contributed by atoms with Crippen LogP contribution in [-0.2, 0) is 6.42 Å². The first-order valence-corrected chi connectivity index (χ1v) is 7.58. The second-order valence-corrected chi connectivity index (χ2v) is 5.21. The molecule has 3 aromatic heterocycles. The predicted octanol–water partition coefficient (Wildman–Crippen LogP) is 2.50. The summed E-state index contributed by atoms with van der Waals surface area (Å²) in [6.45, 7) is 0.466. The van der Waals surface area contributed by atoms with E-state index in [0.29, 0.717) is 29.1 Å². The zero-order valence-electron chi connectivity index (χ0n) is 13.0. The number of benzene rings is 1. The van der Waals surface area contributed by atoms with E-state index < -0.39 is 0 Å². The van der Waals surface area contributed by atoms with E-state index in [1.54, 1.807) is 6.20 Å². The average Bonchev–Trinajstić information content (AvgIpc) is 3.29. The highest BCUT2D eigenvalue weighted by Gasteiger charge is 2.18. The second kappa shape index (κ2) is 6.41. The monoisotopic (exact) mass is 332 g/mol. The van der Waals surface area contributed by atoms with Crippen LogP contribution in [0.15, 0.2) is 47.3 Å². The van der Waals surface area contributed by atoms with Gasteiger partial charge < -0.3 is 14.1 Å². The molecule has 0 atom stereocenters. The van der Waals surface area contributed by atoms with Crippen molar-refractivity contribution in [3.05, 3.63) is 54.3 Å². The van der Waals surface area contributed by atoms with E-state index in [1.807, 2.05) is 36.4 Å². The topological polar surface area (TPSA) is 114 Å². The summed E-state index contributed by atoms with van der Waals surface area (Å²) in [5, 5.41) is 17.0. The van der Waals surface area contributed by atoms with Crippen LogP contribution in [0.3, 0.4) is 0 Å². The van der Waals surface area contributed by atoms with Gasteiger partial charge in [0.25, 0.3) is 5.89 Å². The number of aromatic nitrogens is 5. The minimum absolute atomic E-state index is 0.104. The Morgan fingerprint density at radius 3 is 2.84 bits per heavy atom. The molecule has 0 radical (unpaired) electrons. The van der Waals surface area contributed by atoms with Crippen LogP contribution in [0.25, 0.3) is 22.5 Å². The zero-order valence-corrected chi connectivity index (χ0v) is 13.0. The van der Waals surface area contributed by atoms with Gasteiger partial charge in [-0.3, -0.25) is 0 Å². The van der Waals surface area contributed by atoms with Crippen molar-refractivity contribution in [3.8, 4) is 23.4 Å². The maximum absolute atomic E-state index is 8.84. The molecule has 1 aromatic carbocycles. The third-order valence-corrected chi connectivity index (χ3v) is 3.66. The van der Waals surface area contributed by atoms with Gasteiger partial charge in [0.1, 0.15) is 12.0 Å². The lowest BCUT2D eigenvalue weighted by Crippen LogP contribution is -2.03. The first-order valence-electron chi connectivity index (χ1n) is 7.58. The minimum atomic E-state index is -0.104. The normalized spacial score (nSPS) is 10.7. The number of nitrogens with zero attached hydrogens (tertiary/aromatic N) is 5. The lowest BCUT2D eigenvalue weighted by Gasteiger charge is -2.06. The Kier molecular flexibility index (Phi) is 3.80. The molecular formula is C17H12N6O2. The van der Waals surface area contributed by atoms with E-state index >= 15 is 0 Å². The van der Waals surface area contributed by atoms with Crippen molar-refractivity contribution in [1.29, 1.82) is 5.26 Å². The average molecular weight is 332 g/mol. The van der Waals surface area contributed by atoms with Crippen LogP contribution in [0.4, 0.5) is 0 Å². The van der Waals surface area contributed by atoms with Gasteiger partial charge in [0.15, 0.2) is 6.07 Å². The van der Waals surface area contributed by atoms with Crippen molar-refractivity contribution in [3.63, 3.8) is 0 Å². The standard InChI is InChI=1S/C17H12N6O2/c18-8-13-22-23-16(25-13)12-9-19-15-14(12)17(21-10-20-15)24-7-6-11-4-2-1-3-5-11/h1-5,9-10H,6-7H2,(H,19,20,21). The number of hydrogen-bond acceptors (Lipinski definition) is 7. The van der Waals surface area contributed by atoms with Gasteiger partial charge in [-0.2, -0.15) is 5.26 Å². The van der Waals surface area contributed by atoms with E-state index in [4.69, 9.17) is 14.4 Å². The number of H-pyrrole nitrogens is 1. The molecule has 1 N–H and O–H groups in total. The summed E-state index contributed by atoms with van der Waals surface area (Å²) in [7, 11) is 0. The first kappa shape index (κ1) is 14.8. The van der Waals surface area contributed by atoms with Crippen LogP contribution >= 0.6 is 0 Å². The van der Waals surface area contributed by atoms with Crippen molar-refractivity contribution in [2.45, 2.75) is 6.42 Å². The van der Waals surface area contributed by atoms with Crippen LogP contribution in [0.1, 0.15) is 11.5 Å². The highest BCUT2D eigenvalue weighted by Crippen LogP contribution is 2.32. The van der Waals surface area contributed by atoms with E-state index in [9.17, 15) is 0 Å². The molecule has 0 saturated heterocycles. The molecule has 0 aliphatic heterocycles. The maximum atomic E-state index is 8.84. The molecule has 122 valence electrons. The van der Waals surface area contributed by atoms with Crippen LogP contribution in [-0.4, -0.2) is 31.8 Å². The number of nitriles is 1. The Morgan fingerprint density at radius 1 is 1.16 bits per heavy atom. The molecule has 0 amide bonds. The Hall–Kier alpha value is -3.73. The van der Waals surface area contributed by atoms with E-state index in [1.165, 1.54) is 11.9 Å². The van der Waals surface area contributed by atoms with Crippen molar-refractivity contribution in [2.24, 2.45) is 0 Å². The molecule has 0 bridgehead atoms. The van der Waals surface area contributed by atoms with E-state index in [0.717, 1.165) is 6.42 Å². The number of ether oxygens (including phenoxy) is 1. The first-order chi connectivity index (χ1) is 12.3. The highest BCUT2D eigenvalue weighted by molar-refractivity contribution is 5.94. The Labute approximate surface area is 142 Å². The van der Waals surface area contributed by atoms with Gasteiger partial charge in [-0.05, 0) is 5.56 Å². The third-order valence-electron chi connectivity index (χ3n) is 3.66. The summed E-state index contributed by atoms with van der Waals surface area (Å²) in [5.74, 6) is 0.534. The van der Waals surface area contributed by atoms with Crippen molar-refractivity contribution >= 4 is 11.0 Å². The van der Waals surface area contributed by atoms with Crippen molar-refractivity contribution in [2.75, 3.05) is 6.61 Å². The fraction of sp³-hybridized carbons (Fsp3) is 0.118. The number of aromatic amines is 1. The summed E-state index contributed by atoms with van der Waals surface area (Å²) in [5.41, 5.74) is 2.37. The van der Waals surface area contributed by atoms with Gasteiger partial charge in [0.05, 0.1) is 17.6 Å². The molecule has 0 aliphatic carbocycles. The molecular weight excluding hydrogens is 320 g/mol. The second-order valence-electron chi connectivity index (χ2n) is 5.21. The Morgan fingerprint density at radius 2 is 2.04 bits per heavy atom. The van der Waals surface area contributed by atoms with Crippen LogP contribution in [0.5, 0.6) is 5.88 Å².